The first-order valence-corrected chi connectivity index (χ1v) is 9.45. The summed E-state index contributed by atoms with van der Waals surface area (Å²) in [6.07, 6.45) is 5.02. The normalized spacial score (nSPS) is 15.8. The van der Waals surface area contributed by atoms with Crippen LogP contribution < -0.4 is 9.64 Å². The molecule has 26 heavy (non-hydrogen) atoms. The Labute approximate surface area is 157 Å². The Balaban J connectivity index is 1.78. The molecule has 2 amide bonds. The maximum absolute atomic E-state index is 12.7. The molecule has 2 aromatic rings. The topological polar surface area (TPSA) is 46.6 Å². The van der Waals surface area contributed by atoms with Gasteiger partial charge in [-0.25, -0.2) is 4.90 Å². The summed E-state index contributed by atoms with van der Waals surface area (Å²) in [6, 6.07) is 15.0. The Morgan fingerprint density at radius 3 is 2.35 bits per heavy atom. The summed E-state index contributed by atoms with van der Waals surface area (Å²) in [7, 11) is 1.61. The van der Waals surface area contributed by atoms with E-state index in [4.69, 9.17) is 4.74 Å². The fourth-order valence-electron chi connectivity index (χ4n) is 2.73. The van der Waals surface area contributed by atoms with Crippen LogP contribution in [0.5, 0.6) is 5.75 Å². The average molecular weight is 367 g/mol. The van der Waals surface area contributed by atoms with Crippen LogP contribution in [-0.2, 0) is 11.2 Å². The lowest BCUT2D eigenvalue weighted by molar-refractivity contribution is -0.113. The molecule has 0 bridgehead atoms. The molecule has 0 aromatic heterocycles. The molecule has 0 atom stereocenters. The number of aryl methyl sites for hydroxylation is 1. The molecule has 134 valence electrons. The SMILES string of the molecule is CCCCc1ccc(N2C(=O)S/C(=C\c3ccc(OC)cc3)C2=O)cc1. The Morgan fingerprint density at radius 2 is 1.73 bits per heavy atom. The quantitative estimate of drug-likeness (QED) is 0.652. The first-order chi connectivity index (χ1) is 12.6. The van der Waals surface area contributed by atoms with Crippen molar-refractivity contribution in [3.63, 3.8) is 0 Å². The predicted octanol–water partition coefficient (Wildman–Crippen LogP) is 5.28. The fourth-order valence-corrected chi connectivity index (χ4v) is 3.58. The number of amides is 2. The summed E-state index contributed by atoms with van der Waals surface area (Å²) >= 11 is 0.967. The molecule has 1 heterocycles. The predicted molar refractivity (Wildman–Crippen MR) is 106 cm³/mol. The molecule has 1 aliphatic heterocycles. The number of anilines is 1. The van der Waals surface area contributed by atoms with Gasteiger partial charge in [-0.2, -0.15) is 0 Å². The minimum atomic E-state index is -0.280. The number of carbonyl (C=O) groups is 2. The second kappa shape index (κ2) is 8.23. The van der Waals surface area contributed by atoms with Crippen molar-refractivity contribution in [1.82, 2.24) is 0 Å². The van der Waals surface area contributed by atoms with Crippen molar-refractivity contribution in [2.75, 3.05) is 12.0 Å². The maximum atomic E-state index is 12.7. The van der Waals surface area contributed by atoms with Gasteiger partial charge in [-0.05, 0) is 66.1 Å². The Hall–Kier alpha value is -2.53. The highest BCUT2D eigenvalue weighted by atomic mass is 32.2. The number of thioether (sulfide) groups is 1. The second-order valence-electron chi connectivity index (χ2n) is 6.06. The highest BCUT2D eigenvalue weighted by Crippen LogP contribution is 2.36. The van der Waals surface area contributed by atoms with E-state index in [9.17, 15) is 9.59 Å². The lowest BCUT2D eigenvalue weighted by atomic mass is 10.1. The third-order valence-corrected chi connectivity index (χ3v) is 5.09. The molecule has 0 N–H and O–H groups in total. The van der Waals surface area contributed by atoms with E-state index in [0.29, 0.717) is 10.6 Å². The van der Waals surface area contributed by atoms with Gasteiger partial charge >= 0.3 is 0 Å². The van der Waals surface area contributed by atoms with Crippen molar-refractivity contribution < 1.29 is 14.3 Å². The smallest absolute Gasteiger partial charge is 0.298 e. The second-order valence-corrected chi connectivity index (χ2v) is 7.05. The summed E-state index contributed by atoms with van der Waals surface area (Å²) in [5, 5.41) is -0.268. The minimum absolute atomic E-state index is 0.268. The van der Waals surface area contributed by atoms with Gasteiger partial charge in [-0.15, -0.1) is 0 Å². The van der Waals surface area contributed by atoms with Crippen LogP contribution in [0.1, 0.15) is 30.9 Å². The Morgan fingerprint density at radius 1 is 1.04 bits per heavy atom. The van der Waals surface area contributed by atoms with Crippen LogP contribution in [0, 0.1) is 0 Å². The monoisotopic (exact) mass is 367 g/mol. The lowest BCUT2D eigenvalue weighted by Crippen LogP contribution is -2.27. The molecule has 0 radical (unpaired) electrons. The lowest BCUT2D eigenvalue weighted by Gasteiger charge is -2.13. The van der Waals surface area contributed by atoms with E-state index in [2.05, 4.69) is 6.92 Å². The average Bonchev–Trinajstić information content (AvgIpc) is 2.94. The van der Waals surface area contributed by atoms with Gasteiger partial charge in [0.25, 0.3) is 11.1 Å². The van der Waals surface area contributed by atoms with E-state index >= 15 is 0 Å². The molecule has 0 aliphatic carbocycles. The largest absolute Gasteiger partial charge is 0.497 e. The van der Waals surface area contributed by atoms with Crippen molar-refractivity contribution in [2.45, 2.75) is 26.2 Å². The Kier molecular flexibility index (Phi) is 5.78. The van der Waals surface area contributed by atoms with E-state index in [0.717, 1.165) is 42.3 Å². The highest BCUT2D eigenvalue weighted by Gasteiger charge is 2.36. The fraction of sp³-hybridized carbons (Fsp3) is 0.238. The number of nitrogens with zero attached hydrogens (tertiary/aromatic N) is 1. The number of carbonyl (C=O) groups excluding carboxylic acids is 2. The molecule has 1 saturated heterocycles. The number of rotatable bonds is 6. The first kappa shape index (κ1) is 18.3. The summed E-state index contributed by atoms with van der Waals surface area (Å²) < 4.78 is 5.13. The standard InChI is InChI=1S/C21H21NO3S/c1-3-4-5-15-6-10-17(11-7-15)22-20(23)19(26-21(22)24)14-16-8-12-18(25-2)13-9-16/h6-14H,3-5H2,1-2H3/b19-14-. The van der Waals surface area contributed by atoms with Crippen molar-refractivity contribution >= 4 is 34.7 Å². The van der Waals surface area contributed by atoms with Crippen LogP contribution in [0.25, 0.3) is 6.08 Å². The van der Waals surface area contributed by atoms with Crippen LogP contribution in [0.2, 0.25) is 0 Å². The number of benzene rings is 2. The van der Waals surface area contributed by atoms with Crippen molar-refractivity contribution in [3.8, 4) is 5.75 Å². The molecule has 3 rings (SSSR count). The van der Waals surface area contributed by atoms with Crippen molar-refractivity contribution in [2.24, 2.45) is 0 Å². The van der Waals surface area contributed by atoms with Gasteiger partial charge in [0.1, 0.15) is 5.75 Å². The summed E-state index contributed by atoms with van der Waals surface area (Å²) in [5.41, 5.74) is 2.69. The maximum Gasteiger partial charge on any atom is 0.298 e. The molecule has 2 aromatic carbocycles. The molecular formula is C21H21NO3S. The van der Waals surface area contributed by atoms with Gasteiger partial charge in [0.15, 0.2) is 0 Å². The van der Waals surface area contributed by atoms with Gasteiger partial charge in [0.2, 0.25) is 0 Å². The van der Waals surface area contributed by atoms with Gasteiger partial charge in [-0.3, -0.25) is 9.59 Å². The molecule has 1 aliphatic rings. The van der Waals surface area contributed by atoms with Crippen LogP contribution in [0.3, 0.4) is 0 Å². The minimum Gasteiger partial charge on any atom is -0.497 e. The van der Waals surface area contributed by atoms with Crippen LogP contribution in [-0.4, -0.2) is 18.3 Å². The van der Waals surface area contributed by atoms with Gasteiger partial charge < -0.3 is 4.74 Å². The van der Waals surface area contributed by atoms with Gasteiger partial charge in [0, 0.05) is 0 Å². The van der Waals surface area contributed by atoms with E-state index in [-0.39, 0.29) is 11.1 Å². The molecule has 0 saturated carbocycles. The van der Waals surface area contributed by atoms with Gasteiger partial charge in [0.05, 0.1) is 17.7 Å². The number of imide groups is 1. The number of methoxy groups -OCH3 is 1. The number of ether oxygens (including phenoxy) is 1. The number of unbranched alkanes of at least 4 members (excludes halogenated alkanes) is 1. The number of hydrogen-bond acceptors (Lipinski definition) is 4. The van der Waals surface area contributed by atoms with E-state index in [1.54, 1.807) is 13.2 Å². The molecular weight excluding hydrogens is 346 g/mol. The zero-order chi connectivity index (χ0) is 18.5. The molecule has 0 spiro atoms. The van der Waals surface area contributed by atoms with Crippen LogP contribution in [0.4, 0.5) is 10.5 Å². The summed E-state index contributed by atoms with van der Waals surface area (Å²) in [5.74, 6) is 0.468. The first-order valence-electron chi connectivity index (χ1n) is 8.63. The van der Waals surface area contributed by atoms with E-state index < -0.39 is 0 Å². The third kappa shape index (κ3) is 3.99. The van der Waals surface area contributed by atoms with Crippen molar-refractivity contribution in [3.05, 3.63) is 64.6 Å². The molecule has 5 heteroatoms. The van der Waals surface area contributed by atoms with E-state index in [1.165, 1.54) is 10.5 Å². The zero-order valence-electron chi connectivity index (χ0n) is 14.9. The van der Waals surface area contributed by atoms with E-state index in [1.807, 2.05) is 48.5 Å². The highest BCUT2D eigenvalue weighted by molar-refractivity contribution is 8.19. The third-order valence-electron chi connectivity index (χ3n) is 4.22. The van der Waals surface area contributed by atoms with Crippen LogP contribution in [0.15, 0.2) is 53.4 Å². The van der Waals surface area contributed by atoms with Gasteiger partial charge in [-0.1, -0.05) is 37.6 Å². The molecule has 0 unspecified atom stereocenters. The molecule has 4 nitrogen and oxygen atoms in total. The Bertz CT molecular complexity index is 825. The molecule has 1 fully saturated rings. The summed E-state index contributed by atoms with van der Waals surface area (Å²) in [4.78, 5) is 26.7. The number of hydrogen-bond donors (Lipinski definition) is 0. The van der Waals surface area contributed by atoms with Crippen LogP contribution >= 0.6 is 11.8 Å². The van der Waals surface area contributed by atoms with Crippen molar-refractivity contribution in [1.29, 1.82) is 0 Å². The summed E-state index contributed by atoms with van der Waals surface area (Å²) in [6.45, 7) is 2.16. The zero-order valence-corrected chi connectivity index (χ0v) is 15.7.